The molecular formula is C16H19N3O2. The molecule has 1 aromatic heterocycles. The molecule has 0 N–H and O–H groups in total. The number of ether oxygens (including phenoxy) is 1. The minimum absolute atomic E-state index is 0.224. The zero-order valence-electron chi connectivity index (χ0n) is 11.9. The topological polar surface area (TPSA) is 47.4 Å². The first-order chi connectivity index (χ1) is 10.3. The number of hydrogen-bond acceptors (Lipinski definition) is 3. The number of rotatable bonds is 3. The van der Waals surface area contributed by atoms with Crippen LogP contribution in [0, 0.1) is 0 Å². The summed E-state index contributed by atoms with van der Waals surface area (Å²) < 4.78 is 7.34. The minimum atomic E-state index is -0.224. The third-order valence-electron chi connectivity index (χ3n) is 3.83. The Bertz CT molecular complexity index is 560. The van der Waals surface area contributed by atoms with Gasteiger partial charge in [-0.05, 0) is 24.5 Å². The second kappa shape index (κ2) is 6.43. The maximum Gasteiger partial charge on any atom is 0.410 e. The molecule has 2 heterocycles. The summed E-state index contributed by atoms with van der Waals surface area (Å²) in [5, 5.41) is 4.27. The fraction of sp³-hybridized carbons (Fsp3) is 0.375. The molecular weight excluding hydrogens is 266 g/mol. The molecule has 1 amide bonds. The normalized spacial score (nSPS) is 15.9. The van der Waals surface area contributed by atoms with Crippen LogP contribution in [0.15, 0.2) is 48.8 Å². The van der Waals surface area contributed by atoms with Crippen molar-refractivity contribution >= 4 is 6.09 Å². The highest BCUT2D eigenvalue weighted by Crippen LogP contribution is 2.22. The maximum absolute atomic E-state index is 12.0. The average Bonchev–Trinajstić information content (AvgIpc) is 3.08. The van der Waals surface area contributed by atoms with Gasteiger partial charge < -0.3 is 9.64 Å². The van der Waals surface area contributed by atoms with Crippen molar-refractivity contribution in [2.24, 2.45) is 0 Å². The van der Waals surface area contributed by atoms with Crippen LogP contribution in [0.3, 0.4) is 0 Å². The van der Waals surface area contributed by atoms with E-state index in [1.165, 1.54) is 0 Å². The molecule has 21 heavy (non-hydrogen) atoms. The van der Waals surface area contributed by atoms with Crippen LogP contribution >= 0.6 is 0 Å². The molecule has 0 atom stereocenters. The van der Waals surface area contributed by atoms with E-state index in [1.807, 2.05) is 47.3 Å². The van der Waals surface area contributed by atoms with Gasteiger partial charge in [-0.2, -0.15) is 5.10 Å². The zero-order valence-corrected chi connectivity index (χ0v) is 11.9. The van der Waals surface area contributed by atoms with Crippen molar-refractivity contribution in [2.45, 2.75) is 25.5 Å². The lowest BCUT2D eigenvalue weighted by atomic mass is 10.1. The standard InChI is InChI=1S/C16H19N3O2/c20-16(21-13-14-5-2-1-3-6-14)18-11-7-15(8-12-18)19-10-4-9-17-19/h1-6,9-10,15H,7-8,11-13H2. The number of carbonyl (C=O) groups is 1. The SMILES string of the molecule is O=C(OCc1ccccc1)N1CCC(n2cccn2)CC1. The summed E-state index contributed by atoms with van der Waals surface area (Å²) in [7, 11) is 0. The molecule has 2 aromatic rings. The number of benzene rings is 1. The molecule has 0 aliphatic carbocycles. The fourth-order valence-corrected chi connectivity index (χ4v) is 2.62. The smallest absolute Gasteiger partial charge is 0.410 e. The van der Waals surface area contributed by atoms with E-state index in [0.29, 0.717) is 12.6 Å². The van der Waals surface area contributed by atoms with E-state index < -0.39 is 0 Å². The Labute approximate surface area is 124 Å². The van der Waals surface area contributed by atoms with Gasteiger partial charge in [0.1, 0.15) is 6.61 Å². The quantitative estimate of drug-likeness (QED) is 0.871. The van der Waals surface area contributed by atoms with Crippen LogP contribution in [-0.2, 0) is 11.3 Å². The van der Waals surface area contributed by atoms with E-state index in [2.05, 4.69) is 5.10 Å². The van der Waals surface area contributed by atoms with Crippen LogP contribution in [0.4, 0.5) is 4.79 Å². The highest BCUT2D eigenvalue weighted by molar-refractivity contribution is 5.67. The number of aromatic nitrogens is 2. The highest BCUT2D eigenvalue weighted by Gasteiger charge is 2.24. The lowest BCUT2D eigenvalue weighted by Crippen LogP contribution is -2.39. The van der Waals surface area contributed by atoms with Crippen LogP contribution in [0.25, 0.3) is 0 Å². The molecule has 1 aliphatic heterocycles. The Morgan fingerprint density at radius 3 is 2.62 bits per heavy atom. The summed E-state index contributed by atoms with van der Waals surface area (Å²) in [6, 6.07) is 12.1. The summed E-state index contributed by atoms with van der Waals surface area (Å²) in [5.41, 5.74) is 1.01. The van der Waals surface area contributed by atoms with Gasteiger partial charge in [0.25, 0.3) is 0 Å². The second-order valence-electron chi connectivity index (χ2n) is 5.24. The summed E-state index contributed by atoms with van der Waals surface area (Å²) in [4.78, 5) is 13.8. The molecule has 5 heteroatoms. The molecule has 1 fully saturated rings. The van der Waals surface area contributed by atoms with Crippen LogP contribution < -0.4 is 0 Å². The third kappa shape index (κ3) is 3.42. The van der Waals surface area contributed by atoms with Gasteiger partial charge in [0.15, 0.2) is 0 Å². The molecule has 1 saturated heterocycles. The van der Waals surface area contributed by atoms with Crippen molar-refractivity contribution in [1.82, 2.24) is 14.7 Å². The summed E-state index contributed by atoms with van der Waals surface area (Å²) in [6.45, 7) is 1.77. The Morgan fingerprint density at radius 2 is 1.95 bits per heavy atom. The maximum atomic E-state index is 12.0. The average molecular weight is 285 g/mol. The predicted molar refractivity (Wildman–Crippen MR) is 78.7 cm³/mol. The first-order valence-corrected chi connectivity index (χ1v) is 7.27. The predicted octanol–water partition coefficient (Wildman–Crippen LogP) is 2.86. The number of hydrogen-bond donors (Lipinski definition) is 0. The molecule has 110 valence electrons. The van der Waals surface area contributed by atoms with Crippen LogP contribution in [0.2, 0.25) is 0 Å². The monoisotopic (exact) mass is 285 g/mol. The minimum Gasteiger partial charge on any atom is -0.445 e. The third-order valence-corrected chi connectivity index (χ3v) is 3.83. The van der Waals surface area contributed by atoms with E-state index in [9.17, 15) is 4.79 Å². The number of amides is 1. The van der Waals surface area contributed by atoms with Gasteiger partial charge in [-0.1, -0.05) is 30.3 Å². The van der Waals surface area contributed by atoms with Crippen molar-refractivity contribution < 1.29 is 9.53 Å². The first kappa shape index (κ1) is 13.7. The largest absolute Gasteiger partial charge is 0.445 e. The lowest BCUT2D eigenvalue weighted by Gasteiger charge is -2.31. The summed E-state index contributed by atoms with van der Waals surface area (Å²) in [6.07, 6.45) is 5.39. The molecule has 0 bridgehead atoms. The Balaban J connectivity index is 1.47. The van der Waals surface area contributed by atoms with Crippen molar-refractivity contribution in [2.75, 3.05) is 13.1 Å². The molecule has 0 unspecified atom stereocenters. The summed E-state index contributed by atoms with van der Waals surface area (Å²) in [5.74, 6) is 0. The lowest BCUT2D eigenvalue weighted by molar-refractivity contribution is 0.0821. The van der Waals surface area contributed by atoms with E-state index in [-0.39, 0.29) is 6.09 Å². The Kier molecular flexibility index (Phi) is 4.19. The van der Waals surface area contributed by atoms with Crippen LogP contribution in [-0.4, -0.2) is 33.9 Å². The van der Waals surface area contributed by atoms with Gasteiger partial charge in [0, 0.05) is 25.5 Å². The molecule has 3 rings (SSSR count). The van der Waals surface area contributed by atoms with Crippen LogP contribution in [0.5, 0.6) is 0 Å². The van der Waals surface area contributed by atoms with Crippen LogP contribution in [0.1, 0.15) is 24.4 Å². The van der Waals surface area contributed by atoms with E-state index in [0.717, 1.165) is 31.5 Å². The van der Waals surface area contributed by atoms with Gasteiger partial charge in [-0.25, -0.2) is 4.79 Å². The van der Waals surface area contributed by atoms with Gasteiger partial charge >= 0.3 is 6.09 Å². The zero-order chi connectivity index (χ0) is 14.5. The number of likely N-dealkylation sites (tertiary alicyclic amines) is 1. The molecule has 5 nitrogen and oxygen atoms in total. The van der Waals surface area contributed by atoms with Crippen molar-refractivity contribution in [3.05, 3.63) is 54.4 Å². The Hall–Kier alpha value is -2.30. The Morgan fingerprint density at radius 1 is 1.19 bits per heavy atom. The van der Waals surface area contributed by atoms with E-state index in [1.54, 1.807) is 11.1 Å². The molecule has 0 radical (unpaired) electrons. The van der Waals surface area contributed by atoms with Crippen molar-refractivity contribution in [3.63, 3.8) is 0 Å². The molecule has 1 aromatic carbocycles. The van der Waals surface area contributed by atoms with E-state index in [4.69, 9.17) is 4.74 Å². The van der Waals surface area contributed by atoms with Gasteiger partial charge in [0.2, 0.25) is 0 Å². The van der Waals surface area contributed by atoms with Gasteiger partial charge in [-0.3, -0.25) is 4.68 Å². The molecule has 0 saturated carbocycles. The number of piperidine rings is 1. The van der Waals surface area contributed by atoms with Gasteiger partial charge in [0.05, 0.1) is 6.04 Å². The number of carbonyl (C=O) groups excluding carboxylic acids is 1. The first-order valence-electron chi connectivity index (χ1n) is 7.27. The summed E-state index contributed by atoms with van der Waals surface area (Å²) >= 11 is 0. The van der Waals surface area contributed by atoms with Crippen molar-refractivity contribution in [1.29, 1.82) is 0 Å². The molecule has 1 aliphatic rings. The highest BCUT2D eigenvalue weighted by atomic mass is 16.6. The second-order valence-corrected chi connectivity index (χ2v) is 5.24. The van der Waals surface area contributed by atoms with E-state index >= 15 is 0 Å². The number of nitrogens with zero attached hydrogens (tertiary/aromatic N) is 3. The van der Waals surface area contributed by atoms with Gasteiger partial charge in [-0.15, -0.1) is 0 Å². The van der Waals surface area contributed by atoms with Crippen molar-refractivity contribution in [3.8, 4) is 0 Å². The molecule has 0 spiro atoms. The fourth-order valence-electron chi connectivity index (χ4n) is 2.62.